The van der Waals surface area contributed by atoms with E-state index in [9.17, 15) is 9.59 Å². The van der Waals surface area contributed by atoms with E-state index in [0.717, 1.165) is 19.3 Å². The van der Waals surface area contributed by atoms with Crippen LogP contribution in [0.4, 0.5) is 0 Å². The van der Waals surface area contributed by atoms with Crippen molar-refractivity contribution >= 4 is 81.4 Å². The molecule has 6 fully saturated rings. The Bertz CT molecular complexity index is 820. The zero-order valence-corrected chi connectivity index (χ0v) is 19.9. The van der Waals surface area contributed by atoms with Gasteiger partial charge in [0.1, 0.15) is 9.75 Å². The lowest BCUT2D eigenvalue weighted by Gasteiger charge is -2.57. The Morgan fingerprint density at radius 3 is 1.52 bits per heavy atom. The van der Waals surface area contributed by atoms with Crippen LogP contribution in [0.1, 0.15) is 38.5 Å². The Morgan fingerprint density at radius 2 is 1.14 bits per heavy atom. The van der Waals surface area contributed by atoms with Crippen molar-refractivity contribution in [2.24, 2.45) is 35.0 Å². The highest BCUT2D eigenvalue weighted by atomic mass is 35.5. The molecule has 2 amide bonds. The lowest BCUT2D eigenvalue weighted by atomic mass is 9.49. The van der Waals surface area contributed by atoms with Crippen molar-refractivity contribution in [1.82, 2.24) is 4.90 Å². The van der Waals surface area contributed by atoms with Gasteiger partial charge in [-0.3, -0.25) is 14.5 Å². The van der Waals surface area contributed by atoms with Gasteiger partial charge < -0.3 is 0 Å². The van der Waals surface area contributed by atoms with Crippen LogP contribution in [0.5, 0.6) is 0 Å². The van der Waals surface area contributed by atoms with E-state index in [4.69, 9.17) is 69.6 Å². The van der Waals surface area contributed by atoms with Crippen molar-refractivity contribution in [2.75, 3.05) is 6.54 Å². The highest BCUT2D eigenvalue weighted by molar-refractivity contribution is 6.66. The summed E-state index contributed by atoms with van der Waals surface area (Å²) in [7, 11) is 0. The number of nitrogens with zero attached hydrogens (tertiary/aromatic N) is 1. The minimum atomic E-state index is -1.86. The number of carbonyl (C=O) groups excluding carboxylic acids is 2. The standard InChI is InChI=1S/C20H19Cl6NO2/c21-13-14(22)19(24)12-11(18(13,23)20(19,25)26)15(28)27(16(12)29)7-17-4-8-1-9(5-17)3-10(2-8)6-17/h8-12H,1-7H2/t8?,9?,10?,11-,12-,17?,18-,19-/m1/s1. The molecule has 1 heterocycles. The molecule has 0 aromatic heterocycles. The van der Waals surface area contributed by atoms with Crippen molar-refractivity contribution in [3.8, 4) is 0 Å². The Morgan fingerprint density at radius 1 is 0.759 bits per heavy atom. The molecule has 0 spiro atoms. The minimum absolute atomic E-state index is 0.0107. The molecular formula is C20H19Cl6NO2. The van der Waals surface area contributed by atoms with Gasteiger partial charge >= 0.3 is 0 Å². The van der Waals surface area contributed by atoms with Gasteiger partial charge in [0.15, 0.2) is 4.33 Å². The quantitative estimate of drug-likeness (QED) is 0.350. The largest absolute Gasteiger partial charge is 0.281 e. The lowest BCUT2D eigenvalue weighted by Crippen LogP contribution is -2.55. The Kier molecular flexibility index (Phi) is 4.01. The first-order chi connectivity index (χ1) is 13.5. The average Bonchev–Trinajstić information content (AvgIpc) is 2.99. The Labute approximate surface area is 199 Å². The van der Waals surface area contributed by atoms with E-state index in [1.165, 1.54) is 24.2 Å². The van der Waals surface area contributed by atoms with Gasteiger partial charge in [0.05, 0.1) is 21.9 Å². The maximum absolute atomic E-state index is 13.5. The third-order valence-corrected chi connectivity index (χ3v) is 12.9. The number of alkyl halides is 4. The van der Waals surface area contributed by atoms with E-state index >= 15 is 0 Å². The molecule has 0 aromatic rings. The van der Waals surface area contributed by atoms with Crippen molar-refractivity contribution in [1.29, 1.82) is 0 Å². The molecule has 0 aromatic carbocycles. The number of hydrogen-bond acceptors (Lipinski definition) is 2. The molecular weight excluding hydrogens is 499 g/mol. The molecule has 5 saturated carbocycles. The van der Waals surface area contributed by atoms with Gasteiger partial charge in [-0.2, -0.15) is 0 Å². The van der Waals surface area contributed by atoms with Gasteiger partial charge in [-0.25, -0.2) is 0 Å². The number of amides is 2. The summed E-state index contributed by atoms with van der Waals surface area (Å²) in [5, 5.41) is -0.0558. The summed E-state index contributed by atoms with van der Waals surface area (Å²) in [4.78, 5) is 25.0. The molecule has 0 unspecified atom stereocenters. The third-order valence-electron chi connectivity index (χ3n) is 8.66. The number of hydrogen-bond donors (Lipinski definition) is 0. The second-order valence-electron chi connectivity index (χ2n) is 10.3. The van der Waals surface area contributed by atoms with Gasteiger partial charge in [0.25, 0.3) is 0 Å². The first-order valence-electron chi connectivity index (χ1n) is 10.1. The van der Waals surface area contributed by atoms with Crippen LogP contribution in [0.3, 0.4) is 0 Å². The van der Waals surface area contributed by atoms with Crippen LogP contribution >= 0.6 is 69.6 Å². The Balaban J connectivity index is 1.38. The fraction of sp³-hybridized carbons (Fsp3) is 0.800. The fourth-order valence-electron chi connectivity index (χ4n) is 8.03. The van der Waals surface area contributed by atoms with Gasteiger partial charge in [0, 0.05) is 6.54 Å². The van der Waals surface area contributed by atoms with E-state index in [2.05, 4.69) is 0 Å². The summed E-state index contributed by atoms with van der Waals surface area (Å²) < 4.78 is -1.86. The molecule has 1 aliphatic heterocycles. The van der Waals surface area contributed by atoms with Crippen LogP contribution in [0, 0.1) is 35.0 Å². The SMILES string of the molecule is O=C1[C@H]2[C@H](C(=O)N1CC13CC4CC(CC(C4)C1)C3)[C@@]1(Cl)C(Cl)=C(Cl)[C@@]2(Cl)C1(Cl)Cl. The first-order valence-corrected chi connectivity index (χ1v) is 12.4. The molecule has 7 rings (SSSR count). The predicted molar refractivity (Wildman–Crippen MR) is 115 cm³/mol. The highest BCUT2D eigenvalue weighted by Gasteiger charge is 2.87. The van der Waals surface area contributed by atoms with Gasteiger partial charge in [-0.15, -0.1) is 23.2 Å². The molecule has 6 aliphatic carbocycles. The van der Waals surface area contributed by atoms with E-state index < -0.39 is 25.9 Å². The van der Waals surface area contributed by atoms with Crippen molar-refractivity contribution in [3.05, 3.63) is 10.1 Å². The second kappa shape index (κ2) is 5.75. The number of fused-ring (bicyclic) bond motifs is 5. The number of allylic oxidation sites excluding steroid dienone is 2. The summed E-state index contributed by atoms with van der Waals surface area (Å²) in [5.74, 6) is -0.615. The van der Waals surface area contributed by atoms with E-state index in [1.54, 1.807) is 0 Å². The van der Waals surface area contributed by atoms with Gasteiger partial charge in [-0.05, 0) is 61.7 Å². The van der Waals surface area contributed by atoms with Crippen molar-refractivity contribution in [3.63, 3.8) is 0 Å². The van der Waals surface area contributed by atoms with Crippen LogP contribution in [-0.4, -0.2) is 37.3 Å². The Hall–Kier alpha value is 0.620. The number of imide groups is 1. The second-order valence-corrected chi connectivity index (χ2v) is 13.5. The molecule has 7 aliphatic rings. The summed E-state index contributed by atoms with van der Waals surface area (Å²) in [6.45, 7) is 0.425. The number of likely N-dealkylation sites (tertiary alicyclic amines) is 1. The van der Waals surface area contributed by atoms with Crippen LogP contribution in [0.2, 0.25) is 0 Å². The van der Waals surface area contributed by atoms with Crippen LogP contribution in [0.15, 0.2) is 10.1 Å². The zero-order chi connectivity index (χ0) is 20.7. The highest BCUT2D eigenvalue weighted by Crippen LogP contribution is 2.77. The summed E-state index contributed by atoms with van der Waals surface area (Å²) in [6.07, 6.45) is 7.11. The van der Waals surface area contributed by atoms with Crippen molar-refractivity contribution in [2.45, 2.75) is 52.6 Å². The van der Waals surface area contributed by atoms with E-state index in [-0.39, 0.29) is 27.3 Å². The average molecular weight is 518 g/mol. The molecule has 29 heavy (non-hydrogen) atoms. The first kappa shape index (κ1) is 20.2. The number of rotatable bonds is 2. The van der Waals surface area contributed by atoms with Crippen molar-refractivity contribution < 1.29 is 9.59 Å². The summed E-state index contributed by atoms with van der Waals surface area (Å²) in [6, 6.07) is 0. The molecule has 1 saturated heterocycles. The molecule has 3 nitrogen and oxygen atoms in total. The smallest absolute Gasteiger partial charge is 0.235 e. The zero-order valence-electron chi connectivity index (χ0n) is 15.4. The molecule has 0 N–H and O–H groups in total. The molecule has 0 radical (unpaired) electrons. The predicted octanol–water partition coefficient (Wildman–Crippen LogP) is 5.65. The van der Waals surface area contributed by atoms with Crippen LogP contribution in [-0.2, 0) is 9.59 Å². The molecule has 158 valence electrons. The number of halogens is 6. The van der Waals surface area contributed by atoms with Gasteiger partial charge in [-0.1, -0.05) is 46.4 Å². The maximum atomic E-state index is 13.5. The molecule has 6 bridgehead atoms. The fourth-order valence-corrected chi connectivity index (χ4v) is 11.0. The van der Waals surface area contributed by atoms with E-state index in [0.29, 0.717) is 24.3 Å². The molecule has 4 atom stereocenters. The van der Waals surface area contributed by atoms with E-state index in [1.807, 2.05) is 0 Å². The third kappa shape index (κ3) is 2.09. The maximum Gasteiger partial charge on any atom is 0.235 e. The van der Waals surface area contributed by atoms with Crippen LogP contribution < -0.4 is 0 Å². The lowest BCUT2D eigenvalue weighted by molar-refractivity contribution is -0.147. The molecule has 9 heteroatoms. The normalized spacial score (nSPS) is 54.1. The monoisotopic (exact) mass is 515 g/mol. The van der Waals surface area contributed by atoms with Gasteiger partial charge in [0.2, 0.25) is 11.8 Å². The van der Waals surface area contributed by atoms with Crippen LogP contribution in [0.25, 0.3) is 0 Å². The summed E-state index contributed by atoms with van der Waals surface area (Å²) in [5.41, 5.74) is 0.0107. The number of carbonyl (C=O) groups is 2. The minimum Gasteiger partial charge on any atom is -0.281 e. The summed E-state index contributed by atoms with van der Waals surface area (Å²) >= 11 is 39.5. The topological polar surface area (TPSA) is 37.4 Å².